The predicted octanol–water partition coefficient (Wildman–Crippen LogP) is 0.507. The molecule has 148 valence electrons. The molecule has 0 aromatic heterocycles. The zero-order chi connectivity index (χ0) is 20.4. The van der Waals surface area contributed by atoms with Crippen molar-refractivity contribution in [1.29, 1.82) is 0 Å². The minimum atomic E-state index is -1.82. The highest BCUT2D eigenvalue weighted by Gasteiger charge is 2.23. The third-order valence-electron chi connectivity index (χ3n) is 3.96. The fourth-order valence-electron chi connectivity index (χ4n) is 2.46. The van der Waals surface area contributed by atoms with Crippen molar-refractivity contribution in [2.75, 3.05) is 25.0 Å². The third kappa shape index (κ3) is 8.77. The van der Waals surface area contributed by atoms with E-state index in [0.29, 0.717) is 18.7 Å². The van der Waals surface area contributed by atoms with Crippen molar-refractivity contribution in [3.8, 4) is 0 Å². The van der Waals surface area contributed by atoms with E-state index in [0.717, 1.165) is 25.9 Å². The van der Waals surface area contributed by atoms with E-state index in [2.05, 4.69) is 10.2 Å². The number of carboxylic acid groups (broad SMARTS) is 2. The number of carbonyl (C=O) groups excluding carboxylic acids is 2. The lowest BCUT2D eigenvalue weighted by Gasteiger charge is -2.30. The van der Waals surface area contributed by atoms with E-state index < -0.39 is 11.9 Å². The molecular weight excluding hydrogens is 361 g/mol. The quantitative estimate of drug-likeness (QED) is 0.541. The summed E-state index contributed by atoms with van der Waals surface area (Å²) >= 11 is 0. The van der Waals surface area contributed by atoms with E-state index in [9.17, 15) is 14.0 Å². The van der Waals surface area contributed by atoms with Crippen LogP contribution in [0, 0.1) is 11.7 Å². The summed E-state index contributed by atoms with van der Waals surface area (Å²) in [6.45, 7) is 2.23. The number of aliphatic carboxylic acids is 2. The van der Waals surface area contributed by atoms with Crippen molar-refractivity contribution in [2.24, 2.45) is 11.7 Å². The summed E-state index contributed by atoms with van der Waals surface area (Å²) in [5.74, 6) is -4.34. The molecule has 1 aliphatic heterocycles. The monoisotopic (exact) mass is 383 g/mol. The molecule has 27 heavy (non-hydrogen) atoms. The topological polar surface area (TPSA) is 150 Å². The van der Waals surface area contributed by atoms with Crippen molar-refractivity contribution >= 4 is 29.4 Å². The normalized spacial score (nSPS) is 14.6. The van der Waals surface area contributed by atoms with Crippen LogP contribution in [0.1, 0.15) is 19.3 Å². The Labute approximate surface area is 154 Å². The first kappa shape index (κ1) is 22.0. The van der Waals surface area contributed by atoms with Crippen LogP contribution >= 0.6 is 0 Å². The maximum atomic E-state index is 12.8. The number of hydrogen-bond acceptors (Lipinski definition) is 5. The Hall–Kier alpha value is -3.01. The number of halogens is 1. The van der Waals surface area contributed by atoms with Crippen molar-refractivity contribution in [3.63, 3.8) is 0 Å². The minimum Gasteiger partial charge on any atom is -0.473 e. The first-order chi connectivity index (χ1) is 12.7. The van der Waals surface area contributed by atoms with E-state index in [1.807, 2.05) is 0 Å². The highest BCUT2D eigenvalue weighted by molar-refractivity contribution is 6.27. The molecule has 0 bridgehead atoms. The van der Waals surface area contributed by atoms with Gasteiger partial charge in [0.2, 0.25) is 11.8 Å². The average Bonchev–Trinajstić information content (AvgIpc) is 2.62. The number of benzene rings is 1. The molecule has 9 nitrogen and oxygen atoms in total. The van der Waals surface area contributed by atoms with Gasteiger partial charge in [-0.3, -0.25) is 9.59 Å². The molecule has 1 saturated heterocycles. The second-order valence-corrected chi connectivity index (χ2v) is 5.93. The Morgan fingerprint density at radius 3 is 2.04 bits per heavy atom. The Morgan fingerprint density at radius 2 is 1.59 bits per heavy atom. The van der Waals surface area contributed by atoms with Gasteiger partial charge < -0.3 is 26.2 Å². The van der Waals surface area contributed by atoms with Gasteiger partial charge in [-0.15, -0.1) is 0 Å². The smallest absolute Gasteiger partial charge is 0.414 e. The van der Waals surface area contributed by atoms with Crippen LogP contribution in [0.3, 0.4) is 0 Å². The molecular formula is C17H22FN3O6. The van der Waals surface area contributed by atoms with Gasteiger partial charge in [0.25, 0.3) is 0 Å². The first-order valence-corrected chi connectivity index (χ1v) is 8.22. The summed E-state index contributed by atoms with van der Waals surface area (Å²) in [4.78, 5) is 43.2. The largest absolute Gasteiger partial charge is 0.473 e. The van der Waals surface area contributed by atoms with Crippen LogP contribution in [0.2, 0.25) is 0 Å². The van der Waals surface area contributed by atoms with E-state index in [1.54, 1.807) is 0 Å². The summed E-state index contributed by atoms with van der Waals surface area (Å²) < 4.78 is 12.8. The van der Waals surface area contributed by atoms with Gasteiger partial charge in [0, 0.05) is 24.6 Å². The van der Waals surface area contributed by atoms with Crippen LogP contribution in [-0.2, 0) is 19.2 Å². The second kappa shape index (κ2) is 10.9. The number of likely N-dealkylation sites (tertiary alicyclic amines) is 1. The number of carbonyl (C=O) groups is 4. The zero-order valence-electron chi connectivity index (χ0n) is 14.6. The summed E-state index contributed by atoms with van der Waals surface area (Å²) in [6.07, 6.45) is 1.89. The van der Waals surface area contributed by atoms with Gasteiger partial charge >= 0.3 is 11.9 Å². The number of piperidine rings is 1. The zero-order valence-corrected chi connectivity index (χ0v) is 14.6. The van der Waals surface area contributed by atoms with Crippen molar-refractivity contribution in [1.82, 2.24) is 4.90 Å². The van der Waals surface area contributed by atoms with Gasteiger partial charge in [0.05, 0.1) is 0 Å². The molecule has 0 unspecified atom stereocenters. The molecule has 10 heteroatoms. The predicted molar refractivity (Wildman–Crippen MR) is 93.3 cm³/mol. The molecule has 5 N–H and O–H groups in total. The summed E-state index contributed by atoms with van der Waals surface area (Å²) in [7, 11) is 0. The molecule has 1 aromatic carbocycles. The number of nitrogens with zero attached hydrogens (tertiary/aromatic N) is 1. The molecule has 0 saturated carbocycles. The van der Waals surface area contributed by atoms with Crippen LogP contribution < -0.4 is 11.1 Å². The highest BCUT2D eigenvalue weighted by Crippen LogP contribution is 2.16. The van der Waals surface area contributed by atoms with E-state index in [4.69, 9.17) is 25.5 Å². The van der Waals surface area contributed by atoms with Crippen molar-refractivity contribution < 1.29 is 33.8 Å². The molecule has 1 fully saturated rings. The fraction of sp³-hybridized carbons (Fsp3) is 0.412. The van der Waals surface area contributed by atoms with Gasteiger partial charge in [-0.25, -0.2) is 14.0 Å². The molecule has 0 aliphatic carbocycles. The molecule has 2 amide bonds. The SMILES string of the molecule is NC(=O)C1CCN(CCC(=O)Nc2ccc(F)cc2)CC1.O=C(O)C(=O)O. The number of rotatable bonds is 5. The van der Waals surface area contributed by atoms with Crippen molar-refractivity contribution in [2.45, 2.75) is 19.3 Å². The fourth-order valence-corrected chi connectivity index (χ4v) is 2.46. The maximum absolute atomic E-state index is 12.8. The number of nitrogens with two attached hydrogens (primary N) is 1. The molecule has 0 atom stereocenters. The lowest BCUT2D eigenvalue weighted by molar-refractivity contribution is -0.159. The molecule has 0 radical (unpaired) electrons. The number of amides is 2. The highest BCUT2D eigenvalue weighted by atomic mass is 19.1. The lowest BCUT2D eigenvalue weighted by atomic mass is 9.96. The Morgan fingerprint density at radius 1 is 1.07 bits per heavy atom. The van der Waals surface area contributed by atoms with E-state index in [-0.39, 0.29) is 23.5 Å². The van der Waals surface area contributed by atoms with Gasteiger partial charge in [-0.05, 0) is 50.2 Å². The van der Waals surface area contributed by atoms with Crippen LogP contribution in [0.5, 0.6) is 0 Å². The standard InChI is InChI=1S/C15H20FN3O2.C2H2O4/c16-12-1-3-13(4-2-12)18-14(20)7-10-19-8-5-11(6-9-19)15(17)21;3-1(4)2(5)6/h1-4,11H,5-10H2,(H2,17,21)(H,18,20);(H,3,4)(H,5,6). The van der Waals surface area contributed by atoms with Crippen LogP contribution in [0.25, 0.3) is 0 Å². The molecule has 0 spiro atoms. The Balaban J connectivity index is 0.000000527. The van der Waals surface area contributed by atoms with Gasteiger partial charge in [0.1, 0.15) is 5.82 Å². The Kier molecular flexibility index (Phi) is 8.86. The maximum Gasteiger partial charge on any atom is 0.414 e. The van der Waals surface area contributed by atoms with Crippen LogP contribution in [0.4, 0.5) is 10.1 Å². The minimum absolute atomic E-state index is 0.0331. The number of anilines is 1. The van der Waals surface area contributed by atoms with Crippen molar-refractivity contribution in [3.05, 3.63) is 30.1 Å². The Bertz CT molecular complexity index is 660. The van der Waals surface area contributed by atoms with Gasteiger partial charge in [-0.1, -0.05) is 0 Å². The van der Waals surface area contributed by atoms with Gasteiger partial charge in [0.15, 0.2) is 0 Å². The molecule has 1 aromatic rings. The van der Waals surface area contributed by atoms with Crippen LogP contribution in [0.15, 0.2) is 24.3 Å². The number of carboxylic acids is 2. The number of hydrogen-bond donors (Lipinski definition) is 4. The first-order valence-electron chi connectivity index (χ1n) is 8.22. The van der Waals surface area contributed by atoms with E-state index >= 15 is 0 Å². The van der Waals surface area contributed by atoms with Crippen LogP contribution in [-0.4, -0.2) is 58.5 Å². The molecule has 2 rings (SSSR count). The summed E-state index contributed by atoms with van der Waals surface area (Å²) in [5.41, 5.74) is 5.87. The number of nitrogens with one attached hydrogen (secondary N) is 1. The summed E-state index contributed by atoms with van der Waals surface area (Å²) in [5, 5.41) is 17.5. The van der Waals surface area contributed by atoms with Gasteiger partial charge in [-0.2, -0.15) is 0 Å². The summed E-state index contributed by atoms with van der Waals surface area (Å²) in [6, 6.07) is 5.69. The average molecular weight is 383 g/mol. The molecule has 1 aliphatic rings. The lowest BCUT2D eigenvalue weighted by Crippen LogP contribution is -2.39. The second-order valence-electron chi connectivity index (χ2n) is 5.93. The third-order valence-corrected chi connectivity index (χ3v) is 3.96. The number of primary amides is 1. The molecule has 1 heterocycles. The van der Waals surface area contributed by atoms with E-state index in [1.165, 1.54) is 24.3 Å².